The van der Waals surface area contributed by atoms with E-state index in [1.165, 1.54) is 32.3 Å². The monoisotopic (exact) mass is 884 g/mol. The maximum atomic E-state index is 6.82. The first kappa shape index (κ1) is 37.7. The molecule has 322 valence electrons. The van der Waals surface area contributed by atoms with E-state index >= 15 is 0 Å². The number of para-hydroxylation sites is 2. The molecule has 0 aliphatic heterocycles. The van der Waals surface area contributed by atoms with Crippen molar-refractivity contribution in [3.63, 3.8) is 0 Å². The molecule has 0 saturated heterocycles. The van der Waals surface area contributed by atoms with E-state index in [1.54, 1.807) is 0 Å². The van der Waals surface area contributed by atoms with Gasteiger partial charge in [-0.3, -0.25) is 0 Å². The number of benzene rings is 10. The summed E-state index contributed by atoms with van der Waals surface area (Å²) in [7, 11) is 0. The fourth-order valence-corrected chi connectivity index (χ4v) is 10.6. The van der Waals surface area contributed by atoms with E-state index in [4.69, 9.17) is 23.2 Å². The summed E-state index contributed by atoms with van der Waals surface area (Å²) in [6.45, 7) is 0. The van der Waals surface area contributed by atoms with Crippen LogP contribution in [0.1, 0.15) is 0 Å². The second-order valence-corrected chi connectivity index (χ2v) is 17.8. The summed E-state index contributed by atoms with van der Waals surface area (Å²) in [5, 5.41) is 13.8. The molecule has 0 atom stereocenters. The lowest BCUT2D eigenvalue weighted by Gasteiger charge is -2.25. The summed E-state index contributed by atoms with van der Waals surface area (Å²) in [6.07, 6.45) is 3.82. The smallest absolute Gasteiger partial charge is 0.157 e. The van der Waals surface area contributed by atoms with Gasteiger partial charge in [0.2, 0.25) is 0 Å². The van der Waals surface area contributed by atoms with Crippen LogP contribution >= 0.6 is 0 Å². The minimum atomic E-state index is 0.626. The van der Waals surface area contributed by atoms with Crippen LogP contribution < -0.4 is 9.80 Å². The number of pyridine rings is 2. The van der Waals surface area contributed by atoms with E-state index in [9.17, 15) is 0 Å². The lowest BCUT2D eigenvalue weighted by Crippen LogP contribution is -2.10. The van der Waals surface area contributed by atoms with Gasteiger partial charge in [-0.25, -0.2) is 9.97 Å². The molecule has 69 heavy (non-hydrogen) atoms. The van der Waals surface area contributed by atoms with Crippen molar-refractivity contribution >= 4 is 143 Å². The normalized spacial score (nSPS) is 12.1. The first-order valence-corrected chi connectivity index (χ1v) is 23.1. The van der Waals surface area contributed by atoms with Crippen LogP contribution in [0.4, 0.5) is 34.1 Å². The van der Waals surface area contributed by atoms with Crippen molar-refractivity contribution in [2.45, 2.75) is 0 Å². The Hall–Kier alpha value is -9.46. The van der Waals surface area contributed by atoms with Gasteiger partial charge in [-0.05, 0) is 104 Å². The molecule has 0 aliphatic rings. The molecule has 10 aromatic carbocycles. The van der Waals surface area contributed by atoms with Gasteiger partial charge in [0.1, 0.15) is 33.4 Å². The second kappa shape index (κ2) is 14.5. The molecule has 0 N–H and O–H groups in total. The molecule has 0 amide bonds. The lowest BCUT2D eigenvalue weighted by atomic mass is 10.0. The van der Waals surface area contributed by atoms with Gasteiger partial charge in [0.25, 0.3) is 0 Å². The third kappa shape index (κ3) is 5.87. The summed E-state index contributed by atoms with van der Waals surface area (Å²) < 4.78 is 19.7. The number of anilines is 6. The number of nitrogens with zero attached hydrogens (tertiary/aromatic N) is 4. The summed E-state index contributed by atoms with van der Waals surface area (Å²) in [5.74, 6) is 0. The van der Waals surface area contributed by atoms with Gasteiger partial charge in [-0.1, -0.05) is 121 Å². The molecule has 7 heteroatoms. The highest BCUT2D eigenvalue weighted by molar-refractivity contribution is 6.12. The van der Waals surface area contributed by atoms with Crippen molar-refractivity contribution < 1.29 is 13.3 Å². The van der Waals surface area contributed by atoms with E-state index in [0.29, 0.717) is 22.2 Å². The lowest BCUT2D eigenvalue weighted by molar-refractivity contribution is 0.667. The third-order valence-corrected chi connectivity index (χ3v) is 13.9. The molecular weight excluding hydrogens is 849 g/mol. The van der Waals surface area contributed by atoms with Gasteiger partial charge < -0.3 is 23.1 Å². The Balaban J connectivity index is 0.888. The number of hydrogen-bond donors (Lipinski definition) is 0. The second-order valence-electron chi connectivity index (χ2n) is 17.8. The molecule has 0 fully saturated rings. The number of furan rings is 3. The van der Waals surface area contributed by atoms with E-state index in [1.807, 2.05) is 48.8 Å². The van der Waals surface area contributed by atoms with Crippen LogP contribution in [0.25, 0.3) is 109 Å². The Morgan fingerprint density at radius 1 is 0.246 bits per heavy atom. The average Bonchev–Trinajstić information content (AvgIpc) is 4.09. The van der Waals surface area contributed by atoms with Gasteiger partial charge >= 0.3 is 0 Å². The van der Waals surface area contributed by atoms with Crippen LogP contribution in [-0.4, -0.2) is 9.97 Å². The summed E-state index contributed by atoms with van der Waals surface area (Å²) in [4.78, 5) is 14.6. The highest BCUT2D eigenvalue weighted by Crippen LogP contribution is 2.44. The first-order chi connectivity index (χ1) is 34.1. The minimum Gasteiger partial charge on any atom is -0.456 e. The van der Waals surface area contributed by atoms with Crippen LogP contribution in [0.3, 0.4) is 0 Å². The number of fused-ring (bicyclic) bond motifs is 15. The largest absolute Gasteiger partial charge is 0.456 e. The van der Waals surface area contributed by atoms with Crippen LogP contribution in [-0.2, 0) is 0 Å². The number of aromatic nitrogens is 2. The zero-order valence-electron chi connectivity index (χ0n) is 36.8. The maximum absolute atomic E-state index is 6.82. The van der Waals surface area contributed by atoms with Crippen LogP contribution in [0.2, 0.25) is 0 Å². The molecule has 0 spiro atoms. The van der Waals surface area contributed by atoms with E-state index in [0.717, 1.165) is 88.8 Å². The van der Waals surface area contributed by atoms with Crippen molar-refractivity contribution in [2.75, 3.05) is 9.80 Å². The fraction of sp³-hybridized carbons (Fsp3) is 0. The molecule has 0 aliphatic carbocycles. The zero-order valence-corrected chi connectivity index (χ0v) is 36.8. The molecule has 0 bridgehead atoms. The highest BCUT2D eigenvalue weighted by atomic mass is 16.3. The predicted octanol–water partition coefficient (Wildman–Crippen LogP) is 17.7. The van der Waals surface area contributed by atoms with Gasteiger partial charge in [-0.15, -0.1) is 0 Å². The molecule has 15 rings (SSSR count). The molecule has 15 aromatic rings. The van der Waals surface area contributed by atoms with Crippen molar-refractivity contribution in [3.05, 3.63) is 219 Å². The molecule has 0 saturated carbocycles. The molecule has 0 unspecified atom stereocenters. The Kier molecular flexibility index (Phi) is 7.94. The van der Waals surface area contributed by atoms with Gasteiger partial charge in [0, 0.05) is 68.6 Å². The standard InChI is InChI=1S/C62H36N4O3/c1-3-11-47-37(9-1)17-19-39-29-41(21-25-49(39)47)65(43-23-27-53-51-13-5-7-15-55(51)67-57(53)31-43)45-33-59-61(63-35-45)62-60(69-59)34-46(36-64-62)66(44-24-28-54-52-14-6-8-16-56(52)68-58(54)32-44)42-22-26-50-40(30-42)20-18-38-10-2-4-12-48(38)50/h1-36H. The topological polar surface area (TPSA) is 71.7 Å². The highest BCUT2D eigenvalue weighted by Gasteiger charge is 2.22. The fourth-order valence-electron chi connectivity index (χ4n) is 10.6. The average molecular weight is 885 g/mol. The van der Waals surface area contributed by atoms with E-state index in [2.05, 4.69) is 180 Å². The van der Waals surface area contributed by atoms with Crippen LogP contribution in [0, 0.1) is 0 Å². The Morgan fingerprint density at radius 3 is 1.06 bits per heavy atom. The summed E-state index contributed by atoms with van der Waals surface area (Å²) in [5.41, 5.74) is 11.4. The Morgan fingerprint density at radius 2 is 0.580 bits per heavy atom. The Bertz CT molecular complexity index is 4310. The first-order valence-electron chi connectivity index (χ1n) is 23.1. The molecular formula is C62H36N4O3. The van der Waals surface area contributed by atoms with Gasteiger partial charge in [0.05, 0.1) is 23.8 Å². The minimum absolute atomic E-state index is 0.626. The zero-order chi connectivity index (χ0) is 45.2. The van der Waals surface area contributed by atoms with Crippen molar-refractivity contribution in [3.8, 4) is 0 Å². The van der Waals surface area contributed by atoms with E-state index < -0.39 is 0 Å². The van der Waals surface area contributed by atoms with Crippen LogP contribution in [0.5, 0.6) is 0 Å². The SMILES string of the molecule is c1ccc2c(c1)ccc1cc(N(c3ccc4c(c3)oc3ccccc34)c3cnc4c(c3)oc3cc(N(c5ccc6c(ccc7ccccc76)c5)c5ccc6c(c5)oc5ccccc56)cnc34)ccc12. The van der Waals surface area contributed by atoms with Crippen LogP contribution in [0.15, 0.2) is 232 Å². The Labute approximate surface area is 393 Å². The molecule has 0 radical (unpaired) electrons. The molecule has 5 heterocycles. The van der Waals surface area contributed by atoms with Crippen molar-refractivity contribution in [1.82, 2.24) is 9.97 Å². The summed E-state index contributed by atoms with van der Waals surface area (Å²) in [6, 6.07) is 72.4. The van der Waals surface area contributed by atoms with E-state index in [-0.39, 0.29) is 0 Å². The van der Waals surface area contributed by atoms with Crippen molar-refractivity contribution in [1.29, 1.82) is 0 Å². The quantitative estimate of drug-likeness (QED) is 0.154. The van der Waals surface area contributed by atoms with Gasteiger partial charge in [-0.2, -0.15) is 0 Å². The molecule has 7 nitrogen and oxygen atoms in total. The maximum Gasteiger partial charge on any atom is 0.157 e. The summed E-state index contributed by atoms with van der Waals surface area (Å²) >= 11 is 0. The predicted molar refractivity (Wildman–Crippen MR) is 283 cm³/mol. The van der Waals surface area contributed by atoms with Crippen molar-refractivity contribution in [2.24, 2.45) is 0 Å². The third-order valence-electron chi connectivity index (χ3n) is 13.9. The number of rotatable bonds is 6. The molecule has 5 aromatic heterocycles. The number of hydrogen-bond acceptors (Lipinski definition) is 7. The van der Waals surface area contributed by atoms with Gasteiger partial charge in [0.15, 0.2) is 11.2 Å².